The summed E-state index contributed by atoms with van der Waals surface area (Å²) < 4.78 is 0. The fourth-order valence-corrected chi connectivity index (χ4v) is 3.24. The minimum absolute atomic E-state index is 0.124. The van der Waals surface area contributed by atoms with E-state index in [9.17, 15) is 9.59 Å². The summed E-state index contributed by atoms with van der Waals surface area (Å²) >= 11 is 0. The van der Waals surface area contributed by atoms with Crippen LogP contribution in [0, 0.1) is 0 Å². The predicted molar refractivity (Wildman–Crippen MR) is 101 cm³/mol. The Kier molecular flexibility index (Phi) is 4.08. The maximum atomic E-state index is 12.7. The molecule has 1 atom stereocenters. The zero-order valence-corrected chi connectivity index (χ0v) is 14.5. The van der Waals surface area contributed by atoms with Crippen LogP contribution in [-0.2, 0) is 0 Å². The lowest BCUT2D eigenvalue weighted by Crippen LogP contribution is -2.29. The number of amides is 3. The van der Waals surface area contributed by atoms with Gasteiger partial charge in [0.1, 0.15) is 0 Å². The van der Waals surface area contributed by atoms with Gasteiger partial charge in [-0.15, -0.1) is 0 Å². The van der Waals surface area contributed by atoms with E-state index in [1.807, 2.05) is 37.4 Å². The van der Waals surface area contributed by atoms with Gasteiger partial charge in [0.25, 0.3) is 5.91 Å². The molecular formula is C20H20N4O2. The molecule has 26 heavy (non-hydrogen) atoms. The average molecular weight is 348 g/mol. The van der Waals surface area contributed by atoms with Crippen molar-refractivity contribution in [2.45, 2.75) is 13.0 Å². The van der Waals surface area contributed by atoms with Crippen LogP contribution in [0.15, 0.2) is 54.7 Å². The predicted octanol–water partition coefficient (Wildman–Crippen LogP) is 3.19. The first kappa shape index (κ1) is 16.2. The van der Waals surface area contributed by atoms with Gasteiger partial charge in [-0.25, -0.2) is 4.79 Å². The van der Waals surface area contributed by atoms with Crippen molar-refractivity contribution in [1.29, 1.82) is 0 Å². The van der Waals surface area contributed by atoms with E-state index in [0.717, 1.165) is 22.2 Å². The number of hydrogen-bond acceptors (Lipinski definition) is 2. The smallest absolute Gasteiger partial charge is 0.321 e. The van der Waals surface area contributed by atoms with Gasteiger partial charge in [0.05, 0.1) is 6.04 Å². The number of nitrogens with one attached hydrogen (secondary N) is 3. The summed E-state index contributed by atoms with van der Waals surface area (Å²) in [5.74, 6) is -0.159. The monoisotopic (exact) mass is 348 g/mol. The Balaban J connectivity index is 1.51. The molecule has 0 spiro atoms. The van der Waals surface area contributed by atoms with Crippen molar-refractivity contribution in [3.05, 3.63) is 65.9 Å². The number of hydrogen-bond donors (Lipinski definition) is 3. The van der Waals surface area contributed by atoms with Gasteiger partial charge in [0, 0.05) is 36.1 Å². The summed E-state index contributed by atoms with van der Waals surface area (Å²) in [6.45, 7) is 3.19. The van der Waals surface area contributed by atoms with Gasteiger partial charge in [-0.2, -0.15) is 0 Å². The Labute approximate surface area is 151 Å². The highest BCUT2D eigenvalue weighted by Crippen LogP contribution is 2.21. The minimum Gasteiger partial charge on any atom is -0.361 e. The Bertz CT molecular complexity index is 979. The van der Waals surface area contributed by atoms with Crippen LogP contribution in [-0.4, -0.2) is 30.0 Å². The van der Waals surface area contributed by atoms with Crippen LogP contribution >= 0.6 is 0 Å². The lowest BCUT2D eigenvalue weighted by atomic mass is 10.1. The molecule has 0 unspecified atom stereocenters. The fraction of sp³-hybridized carbons (Fsp3) is 0.200. The number of nitrogens with zero attached hydrogens (tertiary/aromatic N) is 1. The summed E-state index contributed by atoms with van der Waals surface area (Å²) in [4.78, 5) is 29.3. The van der Waals surface area contributed by atoms with Gasteiger partial charge >= 0.3 is 6.03 Å². The second kappa shape index (κ2) is 6.55. The lowest BCUT2D eigenvalue weighted by Gasteiger charge is -2.17. The highest BCUT2D eigenvalue weighted by Gasteiger charge is 2.22. The third-order valence-corrected chi connectivity index (χ3v) is 4.70. The van der Waals surface area contributed by atoms with Crippen LogP contribution in [0.25, 0.3) is 10.9 Å². The number of aromatic amines is 1. The second-order valence-electron chi connectivity index (χ2n) is 6.45. The number of fused-ring (bicyclic) bond motifs is 1. The SMILES string of the molecule is C[C@@H](NC(=O)c1cccc(N2CCNC2=O)c1)c1ccc2[nH]ccc2c1. The second-order valence-corrected chi connectivity index (χ2v) is 6.45. The summed E-state index contributed by atoms with van der Waals surface area (Å²) in [5, 5.41) is 6.91. The number of aromatic nitrogens is 1. The fourth-order valence-electron chi connectivity index (χ4n) is 3.24. The Hall–Kier alpha value is -3.28. The van der Waals surface area contributed by atoms with Crippen LogP contribution in [0.1, 0.15) is 28.9 Å². The van der Waals surface area contributed by atoms with Crippen LogP contribution in [0.2, 0.25) is 0 Å². The lowest BCUT2D eigenvalue weighted by molar-refractivity contribution is 0.0940. The van der Waals surface area contributed by atoms with Gasteiger partial charge in [0.15, 0.2) is 0 Å². The standard InChI is InChI=1S/C20H20N4O2/c1-13(14-5-6-18-15(11-14)7-8-21-18)23-19(25)16-3-2-4-17(12-16)24-10-9-22-20(24)26/h2-8,11-13,21H,9-10H2,1H3,(H,22,26)(H,23,25)/t13-/m1/s1. The summed E-state index contributed by atoms with van der Waals surface area (Å²) in [7, 11) is 0. The number of H-pyrrole nitrogens is 1. The summed E-state index contributed by atoms with van der Waals surface area (Å²) in [6.07, 6.45) is 1.90. The number of anilines is 1. The van der Waals surface area contributed by atoms with E-state index in [1.165, 1.54) is 0 Å². The number of carbonyl (C=O) groups is 2. The largest absolute Gasteiger partial charge is 0.361 e. The molecule has 0 radical (unpaired) electrons. The minimum atomic E-state index is -0.159. The van der Waals surface area contributed by atoms with Crippen molar-refractivity contribution in [1.82, 2.24) is 15.6 Å². The van der Waals surface area contributed by atoms with E-state index in [2.05, 4.69) is 21.7 Å². The van der Waals surface area contributed by atoms with Gasteiger partial charge in [0.2, 0.25) is 0 Å². The molecule has 6 heteroatoms. The third kappa shape index (κ3) is 3.01. The zero-order valence-electron chi connectivity index (χ0n) is 14.5. The molecule has 6 nitrogen and oxygen atoms in total. The maximum absolute atomic E-state index is 12.7. The quantitative estimate of drug-likeness (QED) is 0.677. The van der Waals surface area contributed by atoms with E-state index >= 15 is 0 Å². The van der Waals surface area contributed by atoms with Crippen LogP contribution in [0.3, 0.4) is 0 Å². The van der Waals surface area contributed by atoms with Gasteiger partial charge in [-0.1, -0.05) is 12.1 Å². The molecule has 0 bridgehead atoms. The summed E-state index contributed by atoms with van der Waals surface area (Å²) in [5.41, 5.74) is 3.38. The number of urea groups is 1. The van der Waals surface area contributed by atoms with E-state index in [1.54, 1.807) is 23.1 Å². The van der Waals surface area contributed by atoms with E-state index < -0.39 is 0 Å². The first-order valence-electron chi connectivity index (χ1n) is 8.65. The molecule has 1 aliphatic heterocycles. The van der Waals surface area contributed by atoms with Crippen molar-refractivity contribution >= 4 is 28.5 Å². The highest BCUT2D eigenvalue weighted by atomic mass is 16.2. The Morgan fingerprint density at radius 1 is 1.19 bits per heavy atom. The third-order valence-electron chi connectivity index (χ3n) is 4.70. The van der Waals surface area contributed by atoms with E-state index in [-0.39, 0.29) is 18.0 Å². The summed E-state index contributed by atoms with van der Waals surface area (Å²) in [6, 6.07) is 15.0. The molecule has 1 saturated heterocycles. The number of rotatable bonds is 4. The van der Waals surface area contributed by atoms with Crippen LogP contribution in [0.4, 0.5) is 10.5 Å². The molecule has 2 heterocycles. The Morgan fingerprint density at radius 3 is 2.88 bits per heavy atom. The van der Waals surface area contributed by atoms with Crippen molar-refractivity contribution in [2.75, 3.05) is 18.0 Å². The van der Waals surface area contributed by atoms with E-state index in [4.69, 9.17) is 0 Å². The molecule has 4 rings (SSSR count). The Morgan fingerprint density at radius 2 is 2.08 bits per heavy atom. The van der Waals surface area contributed by atoms with Crippen LogP contribution < -0.4 is 15.5 Å². The maximum Gasteiger partial charge on any atom is 0.321 e. The number of carbonyl (C=O) groups excluding carboxylic acids is 2. The molecule has 2 aromatic carbocycles. The van der Waals surface area contributed by atoms with Gasteiger partial charge in [-0.3, -0.25) is 9.69 Å². The zero-order chi connectivity index (χ0) is 18.1. The van der Waals surface area contributed by atoms with Gasteiger partial charge in [-0.05, 0) is 54.3 Å². The average Bonchev–Trinajstić information content (AvgIpc) is 3.29. The number of benzene rings is 2. The molecule has 1 aliphatic rings. The molecule has 1 fully saturated rings. The molecular weight excluding hydrogens is 328 g/mol. The molecule has 3 aromatic rings. The van der Waals surface area contributed by atoms with Crippen molar-refractivity contribution in [2.24, 2.45) is 0 Å². The molecule has 0 saturated carbocycles. The normalized spacial score (nSPS) is 15.1. The van der Waals surface area contributed by atoms with Crippen LogP contribution in [0.5, 0.6) is 0 Å². The molecule has 0 aliphatic carbocycles. The highest BCUT2D eigenvalue weighted by molar-refractivity contribution is 5.98. The van der Waals surface area contributed by atoms with E-state index in [0.29, 0.717) is 18.7 Å². The topological polar surface area (TPSA) is 77.2 Å². The van der Waals surface area contributed by atoms with Crippen molar-refractivity contribution in [3.8, 4) is 0 Å². The van der Waals surface area contributed by atoms with Crippen molar-refractivity contribution < 1.29 is 9.59 Å². The van der Waals surface area contributed by atoms with Gasteiger partial charge < -0.3 is 15.6 Å². The molecule has 132 valence electrons. The van der Waals surface area contributed by atoms with Crippen molar-refractivity contribution in [3.63, 3.8) is 0 Å². The first-order chi connectivity index (χ1) is 12.6. The molecule has 3 N–H and O–H groups in total. The molecule has 3 amide bonds. The molecule has 1 aromatic heterocycles. The first-order valence-corrected chi connectivity index (χ1v) is 8.65.